The number of carbonyl (C=O) groups excluding carboxylic acids is 1. The fourth-order valence-corrected chi connectivity index (χ4v) is 3.37. The highest BCUT2D eigenvalue weighted by molar-refractivity contribution is 5.76. The molecule has 10 heteroatoms. The number of amides is 1. The van der Waals surface area contributed by atoms with Gasteiger partial charge >= 0.3 is 12.1 Å². The molecular formula is C18H22F4N2O4. The predicted molar refractivity (Wildman–Crippen MR) is 90.8 cm³/mol. The first-order valence-electron chi connectivity index (χ1n) is 8.71. The van der Waals surface area contributed by atoms with Crippen molar-refractivity contribution in [3.63, 3.8) is 0 Å². The van der Waals surface area contributed by atoms with Crippen LogP contribution in [0.1, 0.15) is 18.4 Å². The maximum Gasteiger partial charge on any atom is 0.490 e. The first-order chi connectivity index (χ1) is 13.1. The summed E-state index contributed by atoms with van der Waals surface area (Å²) in [7, 11) is 1.66. The third kappa shape index (κ3) is 6.45. The third-order valence-corrected chi connectivity index (χ3v) is 4.64. The molecule has 3 atom stereocenters. The minimum Gasteiger partial charge on any atom is -0.475 e. The van der Waals surface area contributed by atoms with Gasteiger partial charge in [-0.3, -0.25) is 9.69 Å². The molecule has 2 heterocycles. The van der Waals surface area contributed by atoms with E-state index in [-0.39, 0.29) is 23.9 Å². The van der Waals surface area contributed by atoms with Gasteiger partial charge in [0.1, 0.15) is 5.82 Å². The Bertz CT molecular complexity index is 667. The molecule has 0 saturated carbocycles. The molecule has 1 aromatic carbocycles. The van der Waals surface area contributed by atoms with Crippen molar-refractivity contribution in [1.82, 2.24) is 10.2 Å². The minimum atomic E-state index is -5.08. The first kappa shape index (κ1) is 22.1. The average Bonchev–Trinajstić information content (AvgIpc) is 3.14. The molecule has 2 aliphatic heterocycles. The molecule has 2 saturated heterocycles. The number of rotatable bonds is 4. The highest BCUT2D eigenvalue weighted by Crippen LogP contribution is 2.34. The Kier molecular flexibility index (Phi) is 7.36. The van der Waals surface area contributed by atoms with Gasteiger partial charge in [0.2, 0.25) is 5.91 Å². The number of benzene rings is 1. The van der Waals surface area contributed by atoms with Crippen molar-refractivity contribution in [2.45, 2.75) is 37.8 Å². The molecule has 1 amide bonds. The zero-order valence-corrected chi connectivity index (χ0v) is 15.2. The Hall–Kier alpha value is -2.20. The number of nitrogens with one attached hydrogen (secondary N) is 1. The first-order valence-corrected chi connectivity index (χ1v) is 8.71. The van der Waals surface area contributed by atoms with Crippen LogP contribution in [0.2, 0.25) is 0 Å². The Morgan fingerprint density at radius 3 is 2.36 bits per heavy atom. The molecule has 0 radical (unpaired) electrons. The Morgan fingerprint density at radius 2 is 1.86 bits per heavy atom. The van der Waals surface area contributed by atoms with Gasteiger partial charge in [-0.15, -0.1) is 0 Å². The molecule has 2 fully saturated rings. The van der Waals surface area contributed by atoms with Gasteiger partial charge in [-0.05, 0) is 24.1 Å². The molecule has 2 aliphatic rings. The van der Waals surface area contributed by atoms with Gasteiger partial charge in [0.15, 0.2) is 0 Å². The molecular weight excluding hydrogens is 384 g/mol. The van der Waals surface area contributed by atoms with Gasteiger partial charge < -0.3 is 15.2 Å². The highest BCUT2D eigenvalue weighted by Gasteiger charge is 2.42. The summed E-state index contributed by atoms with van der Waals surface area (Å²) in [6, 6.07) is 6.67. The topological polar surface area (TPSA) is 78.9 Å². The summed E-state index contributed by atoms with van der Waals surface area (Å²) in [5, 5.41) is 9.77. The molecule has 0 aliphatic carbocycles. The van der Waals surface area contributed by atoms with E-state index >= 15 is 0 Å². The van der Waals surface area contributed by atoms with Gasteiger partial charge in [0.05, 0.1) is 18.6 Å². The number of nitrogens with zero attached hydrogens (tertiary/aromatic N) is 1. The van der Waals surface area contributed by atoms with E-state index in [1.165, 1.54) is 12.1 Å². The standard InChI is InChI=1S/C16H21FN2O2.C2HF3O2/c1-18-16(20)7-14-6-12-9-19(10-15(12)21-14)8-11-2-4-13(17)5-3-11;3-2(4,5)1(6)7/h2-5,12,14-15H,6-10H2,1H3,(H,18,20);(H,6,7)/t12-,14+,15+;/m0./s1. The highest BCUT2D eigenvalue weighted by atomic mass is 19.4. The summed E-state index contributed by atoms with van der Waals surface area (Å²) >= 11 is 0. The predicted octanol–water partition coefficient (Wildman–Crippen LogP) is 2.18. The second-order valence-corrected chi connectivity index (χ2v) is 6.79. The van der Waals surface area contributed by atoms with E-state index in [1.807, 2.05) is 12.1 Å². The molecule has 0 spiro atoms. The number of carboxylic acids is 1. The quantitative estimate of drug-likeness (QED) is 0.750. The molecule has 3 rings (SSSR count). The number of likely N-dealkylation sites (tertiary alicyclic amines) is 1. The van der Waals surface area contributed by atoms with Crippen molar-refractivity contribution in [3.8, 4) is 0 Å². The molecule has 156 valence electrons. The monoisotopic (exact) mass is 406 g/mol. The SMILES string of the molecule is CNC(=O)C[C@H]1C[C@H]2CN(Cc3ccc(F)cc3)C[C@H]2O1.O=C(O)C(F)(F)F. The van der Waals surface area contributed by atoms with E-state index in [9.17, 15) is 22.4 Å². The third-order valence-electron chi connectivity index (χ3n) is 4.64. The fourth-order valence-electron chi connectivity index (χ4n) is 3.37. The van der Waals surface area contributed by atoms with Crippen molar-refractivity contribution >= 4 is 11.9 Å². The largest absolute Gasteiger partial charge is 0.490 e. The van der Waals surface area contributed by atoms with Gasteiger partial charge in [-0.2, -0.15) is 13.2 Å². The smallest absolute Gasteiger partial charge is 0.475 e. The lowest BCUT2D eigenvalue weighted by molar-refractivity contribution is -0.192. The number of fused-ring (bicyclic) bond motifs is 1. The van der Waals surface area contributed by atoms with Gasteiger partial charge in [0, 0.05) is 32.6 Å². The molecule has 2 N–H and O–H groups in total. The number of ether oxygens (including phenoxy) is 1. The van der Waals surface area contributed by atoms with Crippen LogP contribution in [0.5, 0.6) is 0 Å². The van der Waals surface area contributed by atoms with E-state index in [0.29, 0.717) is 12.3 Å². The summed E-state index contributed by atoms with van der Waals surface area (Å²) in [5.41, 5.74) is 1.12. The molecule has 0 aromatic heterocycles. The van der Waals surface area contributed by atoms with Gasteiger partial charge in [-0.1, -0.05) is 12.1 Å². The summed E-state index contributed by atoms with van der Waals surface area (Å²) in [5.74, 6) is -2.40. The number of carbonyl (C=O) groups is 2. The van der Waals surface area contributed by atoms with Crippen LogP contribution in [0.3, 0.4) is 0 Å². The van der Waals surface area contributed by atoms with Crippen molar-refractivity contribution in [2.75, 3.05) is 20.1 Å². The molecule has 1 aromatic rings. The maximum atomic E-state index is 12.9. The molecule has 0 unspecified atom stereocenters. The Morgan fingerprint density at radius 1 is 1.25 bits per heavy atom. The van der Waals surface area contributed by atoms with E-state index in [1.54, 1.807) is 7.05 Å². The van der Waals surface area contributed by atoms with Gasteiger partial charge in [0.25, 0.3) is 0 Å². The van der Waals surface area contributed by atoms with E-state index < -0.39 is 12.1 Å². The molecule has 0 bridgehead atoms. The lowest BCUT2D eigenvalue weighted by atomic mass is 10.0. The van der Waals surface area contributed by atoms with Crippen LogP contribution < -0.4 is 5.32 Å². The number of halogens is 4. The van der Waals surface area contributed by atoms with Crippen LogP contribution in [0.4, 0.5) is 17.6 Å². The van der Waals surface area contributed by atoms with Crippen molar-refractivity contribution in [1.29, 1.82) is 0 Å². The maximum absolute atomic E-state index is 12.9. The van der Waals surface area contributed by atoms with Gasteiger partial charge in [-0.25, -0.2) is 9.18 Å². The van der Waals surface area contributed by atoms with Crippen LogP contribution >= 0.6 is 0 Å². The normalized spacial score (nSPS) is 24.2. The summed E-state index contributed by atoms with van der Waals surface area (Å²) < 4.78 is 50.6. The van der Waals surface area contributed by atoms with E-state index in [4.69, 9.17) is 14.6 Å². The summed E-state index contributed by atoms with van der Waals surface area (Å²) in [6.45, 7) is 2.72. The van der Waals surface area contributed by atoms with Crippen LogP contribution in [0, 0.1) is 11.7 Å². The van der Waals surface area contributed by atoms with Crippen molar-refractivity contribution < 1.29 is 37.0 Å². The fraction of sp³-hybridized carbons (Fsp3) is 0.556. The summed E-state index contributed by atoms with van der Waals surface area (Å²) in [4.78, 5) is 22.6. The van der Waals surface area contributed by atoms with Crippen LogP contribution in [-0.2, 0) is 20.9 Å². The summed E-state index contributed by atoms with van der Waals surface area (Å²) in [6.07, 6.45) is -3.37. The van der Waals surface area contributed by atoms with Crippen LogP contribution in [-0.4, -0.2) is 60.4 Å². The number of aliphatic carboxylic acids is 1. The van der Waals surface area contributed by atoms with Crippen molar-refractivity contribution in [2.24, 2.45) is 5.92 Å². The minimum absolute atomic E-state index is 0.0446. The number of hydrogen-bond donors (Lipinski definition) is 2. The van der Waals surface area contributed by atoms with Crippen molar-refractivity contribution in [3.05, 3.63) is 35.6 Å². The number of carboxylic acid groups (broad SMARTS) is 1. The molecule has 6 nitrogen and oxygen atoms in total. The van der Waals surface area contributed by atoms with Crippen LogP contribution in [0.15, 0.2) is 24.3 Å². The number of alkyl halides is 3. The zero-order valence-electron chi connectivity index (χ0n) is 15.2. The Labute approximate surface area is 159 Å². The zero-order chi connectivity index (χ0) is 20.9. The Balaban J connectivity index is 0.000000345. The van der Waals surface area contributed by atoms with Crippen LogP contribution in [0.25, 0.3) is 0 Å². The van der Waals surface area contributed by atoms with E-state index in [2.05, 4.69) is 10.2 Å². The second kappa shape index (κ2) is 9.33. The lowest BCUT2D eigenvalue weighted by Gasteiger charge is -2.19. The number of hydrogen-bond acceptors (Lipinski definition) is 4. The average molecular weight is 406 g/mol. The lowest BCUT2D eigenvalue weighted by Crippen LogP contribution is -2.28. The second-order valence-electron chi connectivity index (χ2n) is 6.79. The molecule has 28 heavy (non-hydrogen) atoms. The van der Waals surface area contributed by atoms with E-state index in [0.717, 1.165) is 31.6 Å².